The summed E-state index contributed by atoms with van der Waals surface area (Å²) in [4.78, 5) is 34.2. The van der Waals surface area contributed by atoms with E-state index in [1.807, 2.05) is 12.1 Å². The molecule has 1 amide bonds. The van der Waals surface area contributed by atoms with Gasteiger partial charge in [0.2, 0.25) is 0 Å². The van der Waals surface area contributed by atoms with Gasteiger partial charge in [-0.3, -0.25) is 9.59 Å². The molecule has 7 heteroatoms. The van der Waals surface area contributed by atoms with Crippen LogP contribution in [0.25, 0.3) is 22.3 Å². The first-order chi connectivity index (χ1) is 18.4. The highest BCUT2D eigenvalue weighted by atomic mass is 19.1. The second-order valence-electron chi connectivity index (χ2n) is 9.98. The number of carbonyl (C=O) groups is 2. The molecule has 4 aromatic rings. The molecule has 1 unspecified atom stereocenters. The Morgan fingerprint density at radius 3 is 2.63 bits per heavy atom. The Hall–Kier alpha value is -4.13. The van der Waals surface area contributed by atoms with Gasteiger partial charge in [0, 0.05) is 11.1 Å². The fourth-order valence-corrected chi connectivity index (χ4v) is 5.09. The van der Waals surface area contributed by atoms with E-state index in [0.29, 0.717) is 47.2 Å². The quantitative estimate of drug-likeness (QED) is 0.290. The lowest BCUT2D eigenvalue weighted by Crippen LogP contribution is -2.31. The van der Waals surface area contributed by atoms with Crippen LogP contribution in [0.3, 0.4) is 0 Å². The van der Waals surface area contributed by atoms with E-state index in [1.54, 1.807) is 37.3 Å². The Kier molecular flexibility index (Phi) is 7.45. The lowest BCUT2D eigenvalue weighted by Gasteiger charge is -2.26. The van der Waals surface area contributed by atoms with Gasteiger partial charge in [0.05, 0.1) is 34.4 Å². The zero-order chi connectivity index (χ0) is 26.6. The zero-order valence-electron chi connectivity index (χ0n) is 21.3. The van der Waals surface area contributed by atoms with Crippen LogP contribution < -0.4 is 5.32 Å². The molecule has 2 atom stereocenters. The number of hydrogen-bond acceptors (Lipinski definition) is 4. The van der Waals surface area contributed by atoms with Crippen LogP contribution in [0.5, 0.6) is 0 Å². The van der Waals surface area contributed by atoms with Crippen molar-refractivity contribution in [2.24, 2.45) is 5.92 Å². The molecule has 0 radical (unpaired) electrons. The van der Waals surface area contributed by atoms with Crippen molar-refractivity contribution in [2.75, 3.05) is 0 Å². The molecule has 1 heterocycles. The molecule has 1 aliphatic rings. The Morgan fingerprint density at radius 1 is 1.05 bits per heavy atom. The van der Waals surface area contributed by atoms with Gasteiger partial charge in [-0.05, 0) is 92.1 Å². The molecule has 0 saturated carbocycles. The minimum absolute atomic E-state index is 0.0260. The summed E-state index contributed by atoms with van der Waals surface area (Å²) in [6.07, 6.45) is 4.59. The van der Waals surface area contributed by atoms with Crippen LogP contribution in [0.15, 0.2) is 66.7 Å². The number of nitrogens with zero attached hydrogens (tertiary/aromatic N) is 2. The average Bonchev–Trinajstić information content (AvgIpc) is 2.93. The number of fused-ring (bicyclic) bond motifs is 2. The number of aryl methyl sites for hydroxylation is 2. The van der Waals surface area contributed by atoms with Crippen molar-refractivity contribution >= 4 is 22.9 Å². The number of nitrogens with one attached hydrogen (secondary N) is 1. The summed E-state index contributed by atoms with van der Waals surface area (Å²) < 4.78 is 13.6. The first-order valence-corrected chi connectivity index (χ1v) is 13.1. The highest BCUT2D eigenvalue weighted by Gasteiger charge is 2.22. The van der Waals surface area contributed by atoms with Gasteiger partial charge in [-0.1, -0.05) is 31.2 Å². The highest BCUT2D eigenvalue weighted by Crippen LogP contribution is 2.30. The molecule has 3 aromatic carbocycles. The van der Waals surface area contributed by atoms with Gasteiger partial charge in [0.25, 0.3) is 5.91 Å². The van der Waals surface area contributed by atoms with Crippen LogP contribution in [-0.2, 0) is 17.6 Å². The third-order valence-corrected chi connectivity index (χ3v) is 7.26. The fraction of sp³-hybridized carbons (Fsp3) is 0.290. The van der Waals surface area contributed by atoms with Gasteiger partial charge in [0.1, 0.15) is 5.82 Å². The minimum atomic E-state index is -0.829. The van der Waals surface area contributed by atoms with E-state index >= 15 is 0 Å². The molecule has 6 nitrogen and oxygen atoms in total. The molecule has 194 valence electrons. The van der Waals surface area contributed by atoms with Gasteiger partial charge in [-0.2, -0.15) is 0 Å². The number of aromatic nitrogens is 2. The van der Waals surface area contributed by atoms with E-state index in [2.05, 4.69) is 17.4 Å². The zero-order valence-corrected chi connectivity index (χ0v) is 21.3. The molecule has 2 N–H and O–H groups in total. The summed E-state index contributed by atoms with van der Waals surface area (Å²) in [6.45, 7) is 1.69. The Balaban J connectivity index is 1.44. The van der Waals surface area contributed by atoms with Crippen molar-refractivity contribution in [3.8, 4) is 11.3 Å². The Bertz CT molecular complexity index is 1490. The van der Waals surface area contributed by atoms with Gasteiger partial charge in [-0.25, -0.2) is 14.4 Å². The molecule has 1 aliphatic carbocycles. The minimum Gasteiger partial charge on any atom is -0.481 e. The number of aliphatic carboxylic acids is 1. The Morgan fingerprint density at radius 2 is 1.84 bits per heavy atom. The van der Waals surface area contributed by atoms with E-state index in [4.69, 9.17) is 9.97 Å². The summed E-state index contributed by atoms with van der Waals surface area (Å²) in [5.74, 6) is -1.78. The Labute approximate surface area is 221 Å². The molecular formula is C31H30FN3O3. The van der Waals surface area contributed by atoms with Crippen molar-refractivity contribution in [1.82, 2.24) is 15.3 Å². The molecule has 0 bridgehead atoms. The van der Waals surface area contributed by atoms with Crippen LogP contribution in [-0.4, -0.2) is 27.0 Å². The van der Waals surface area contributed by atoms with Crippen LogP contribution in [0.1, 0.15) is 65.8 Å². The summed E-state index contributed by atoms with van der Waals surface area (Å²) in [6, 6.07) is 19.6. The predicted octanol–water partition coefficient (Wildman–Crippen LogP) is 6.29. The number of carbonyl (C=O) groups excluding carboxylic acids is 1. The standard InChI is InChI=1S/C31H30FN3O3/c1-19(31(37)38)6-4-11-27-29(21-12-15-23(32)16-13-21)34-26-17-14-22(18-28(26)33-27)30(36)35-25-10-5-8-20-7-2-3-9-24(20)25/h2-3,7,9,12-19,25H,4-6,8,10-11H2,1H3,(H,35,36)(H,37,38)/t19?,25-/m0/s1. The second kappa shape index (κ2) is 11.1. The molecule has 0 aliphatic heterocycles. The first kappa shape index (κ1) is 25.5. The predicted molar refractivity (Wildman–Crippen MR) is 144 cm³/mol. The maximum Gasteiger partial charge on any atom is 0.306 e. The average molecular weight is 512 g/mol. The van der Waals surface area contributed by atoms with E-state index in [1.165, 1.54) is 23.3 Å². The largest absolute Gasteiger partial charge is 0.481 e. The summed E-state index contributed by atoms with van der Waals surface area (Å²) >= 11 is 0. The van der Waals surface area contributed by atoms with Gasteiger partial charge in [0.15, 0.2) is 0 Å². The molecule has 5 rings (SSSR count). The van der Waals surface area contributed by atoms with Gasteiger partial charge >= 0.3 is 5.97 Å². The maximum absolute atomic E-state index is 13.6. The molecule has 0 saturated heterocycles. The monoisotopic (exact) mass is 511 g/mol. The summed E-state index contributed by atoms with van der Waals surface area (Å²) in [5, 5.41) is 12.4. The third kappa shape index (κ3) is 5.57. The SMILES string of the molecule is CC(CCCc1nc2cc(C(=O)N[C@H]3CCCc4ccccc43)ccc2nc1-c1ccc(F)cc1)C(=O)O. The number of rotatable bonds is 8. The van der Waals surface area contributed by atoms with Crippen molar-refractivity contribution in [2.45, 2.75) is 51.5 Å². The smallest absolute Gasteiger partial charge is 0.306 e. The van der Waals surface area contributed by atoms with E-state index in [0.717, 1.165) is 24.8 Å². The molecule has 0 spiro atoms. The van der Waals surface area contributed by atoms with Gasteiger partial charge < -0.3 is 10.4 Å². The third-order valence-electron chi connectivity index (χ3n) is 7.26. The second-order valence-corrected chi connectivity index (χ2v) is 9.98. The van der Waals surface area contributed by atoms with Crippen LogP contribution in [0.4, 0.5) is 4.39 Å². The maximum atomic E-state index is 13.6. The fourth-order valence-electron chi connectivity index (χ4n) is 5.09. The number of amides is 1. The summed E-state index contributed by atoms with van der Waals surface area (Å²) in [5.41, 5.74) is 6.25. The number of hydrogen-bond donors (Lipinski definition) is 2. The normalized spacial score (nSPS) is 15.6. The van der Waals surface area contributed by atoms with E-state index in [-0.39, 0.29) is 17.8 Å². The van der Waals surface area contributed by atoms with Crippen LogP contribution in [0.2, 0.25) is 0 Å². The topological polar surface area (TPSA) is 92.2 Å². The molecule has 1 aromatic heterocycles. The van der Waals surface area contributed by atoms with Crippen molar-refractivity contribution in [3.05, 3.63) is 94.9 Å². The van der Waals surface area contributed by atoms with E-state index in [9.17, 15) is 19.1 Å². The lowest BCUT2D eigenvalue weighted by atomic mass is 9.87. The van der Waals surface area contributed by atoms with Crippen molar-refractivity contribution in [3.63, 3.8) is 0 Å². The number of benzene rings is 3. The lowest BCUT2D eigenvalue weighted by molar-refractivity contribution is -0.141. The number of carboxylic acid groups (broad SMARTS) is 1. The first-order valence-electron chi connectivity index (χ1n) is 13.1. The van der Waals surface area contributed by atoms with Crippen LogP contribution in [0, 0.1) is 11.7 Å². The van der Waals surface area contributed by atoms with Crippen molar-refractivity contribution in [1.29, 1.82) is 0 Å². The number of carboxylic acids is 1. The summed E-state index contributed by atoms with van der Waals surface area (Å²) in [7, 11) is 0. The molecular weight excluding hydrogens is 481 g/mol. The van der Waals surface area contributed by atoms with E-state index < -0.39 is 11.9 Å². The number of halogens is 1. The van der Waals surface area contributed by atoms with Gasteiger partial charge in [-0.15, -0.1) is 0 Å². The molecule has 38 heavy (non-hydrogen) atoms. The molecule has 0 fully saturated rings. The van der Waals surface area contributed by atoms with Crippen LogP contribution >= 0.6 is 0 Å². The highest BCUT2D eigenvalue weighted by molar-refractivity contribution is 5.97. The van der Waals surface area contributed by atoms with Crippen molar-refractivity contribution < 1.29 is 19.1 Å².